The van der Waals surface area contributed by atoms with E-state index in [0.29, 0.717) is 11.5 Å². The average molecular weight is 270 g/mol. The highest BCUT2D eigenvalue weighted by molar-refractivity contribution is 7.99. The second-order valence-electron chi connectivity index (χ2n) is 6.78. The van der Waals surface area contributed by atoms with Gasteiger partial charge in [0, 0.05) is 10.7 Å². The third kappa shape index (κ3) is 2.90. The molecule has 5 unspecified atom stereocenters. The monoisotopic (exact) mass is 270 g/mol. The van der Waals surface area contributed by atoms with Crippen LogP contribution in [0.3, 0.4) is 0 Å². The Kier molecular flexibility index (Phi) is 5.05. The van der Waals surface area contributed by atoms with Crippen LogP contribution < -0.4 is 0 Å². The normalized spacial score (nSPS) is 41.7. The predicted molar refractivity (Wildman–Crippen MR) is 81.2 cm³/mol. The van der Waals surface area contributed by atoms with Crippen molar-refractivity contribution in [2.75, 3.05) is 12.4 Å². The van der Waals surface area contributed by atoms with Crippen LogP contribution in [-0.4, -0.2) is 23.7 Å². The van der Waals surface area contributed by atoms with Crippen molar-refractivity contribution in [3.05, 3.63) is 0 Å². The second kappa shape index (κ2) is 6.17. The van der Waals surface area contributed by atoms with Crippen molar-refractivity contribution in [1.29, 1.82) is 0 Å². The summed E-state index contributed by atoms with van der Waals surface area (Å²) in [4.78, 5) is 0. The van der Waals surface area contributed by atoms with Crippen molar-refractivity contribution < 1.29 is 4.74 Å². The van der Waals surface area contributed by atoms with Crippen LogP contribution in [0.5, 0.6) is 0 Å². The summed E-state index contributed by atoms with van der Waals surface area (Å²) in [6, 6.07) is 0. The van der Waals surface area contributed by atoms with Gasteiger partial charge in [0.1, 0.15) is 0 Å². The Balaban J connectivity index is 1.98. The van der Waals surface area contributed by atoms with Crippen molar-refractivity contribution in [1.82, 2.24) is 0 Å². The first-order valence-electron chi connectivity index (χ1n) is 7.81. The van der Waals surface area contributed by atoms with Gasteiger partial charge in [-0.3, -0.25) is 0 Å². The Hall–Kier alpha value is 0.310. The molecule has 1 aliphatic heterocycles. The summed E-state index contributed by atoms with van der Waals surface area (Å²) in [6.45, 7) is 10.5. The zero-order valence-corrected chi connectivity index (χ0v) is 13.4. The summed E-state index contributed by atoms with van der Waals surface area (Å²) in [7, 11) is 0. The lowest BCUT2D eigenvalue weighted by molar-refractivity contribution is -0.172. The van der Waals surface area contributed by atoms with Crippen molar-refractivity contribution in [3.63, 3.8) is 0 Å². The fourth-order valence-electron chi connectivity index (χ4n) is 3.57. The highest BCUT2D eigenvalue weighted by Crippen LogP contribution is 2.51. The predicted octanol–water partition coefficient (Wildman–Crippen LogP) is 4.75. The second-order valence-corrected chi connectivity index (χ2v) is 8.03. The zero-order chi connectivity index (χ0) is 13.2. The van der Waals surface area contributed by atoms with Gasteiger partial charge in [-0.1, -0.05) is 33.6 Å². The third-order valence-corrected chi connectivity index (χ3v) is 6.99. The molecule has 1 saturated carbocycles. The topological polar surface area (TPSA) is 9.23 Å². The van der Waals surface area contributed by atoms with E-state index in [0.717, 1.165) is 23.7 Å². The van der Waals surface area contributed by atoms with Crippen LogP contribution >= 0.6 is 11.8 Å². The maximum atomic E-state index is 5.71. The number of unbranched alkanes of at least 4 members (excludes halogenated alkanes) is 1. The molecule has 1 aliphatic carbocycles. The van der Waals surface area contributed by atoms with E-state index in [4.69, 9.17) is 4.74 Å². The summed E-state index contributed by atoms with van der Waals surface area (Å²) in [6.07, 6.45) is 7.51. The molecular formula is C16H30OS. The fraction of sp³-hybridized carbons (Fsp3) is 1.00. The highest BCUT2D eigenvalue weighted by atomic mass is 32.2. The van der Waals surface area contributed by atoms with E-state index in [2.05, 4.69) is 39.5 Å². The molecule has 0 aromatic rings. The minimum Gasteiger partial charge on any atom is -0.377 e. The fourth-order valence-corrected chi connectivity index (χ4v) is 5.44. The van der Waals surface area contributed by atoms with Crippen LogP contribution in [0.15, 0.2) is 0 Å². The first-order valence-corrected chi connectivity index (χ1v) is 8.86. The quantitative estimate of drug-likeness (QED) is 0.644. The van der Waals surface area contributed by atoms with Crippen molar-refractivity contribution in [3.8, 4) is 0 Å². The van der Waals surface area contributed by atoms with Crippen LogP contribution in [0.2, 0.25) is 0 Å². The molecule has 0 aromatic heterocycles. The van der Waals surface area contributed by atoms with Gasteiger partial charge in [-0.2, -0.15) is 11.8 Å². The van der Waals surface area contributed by atoms with E-state index < -0.39 is 0 Å². The first kappa shape index (κ1) is 14.7. The molecule has 1 saturated heterocycles. The smallest absolute Gasteiger partial charge is 0.0633 e. The lowest BCUT2D eigenvalue weighted by atomic mass is 9.73. The van der Waals surface area contributed by atoms with Crippen LogP contribution in [0.4, 0.5) is 0 Å². The highest BCUT2D eigenvalue weighted by Gasteiger charge is 2.51. The van der Waals surface area contributed by atoms with E-state index in [1.807, 2.05) is 0 Å². The molecule has 2 rings (SSSR count). The third-order valence-electron chi connectivity index (χ3n) is 5.18. The molecule has 5 atom stereocenters. The van der Waals surface area contributed by atoms with Crippen molar-refractivity contribution >= 4 is 11.8 Å². The van der Waals surface area contributed by atoms with Gasteiger partial charge in [-0.25, -0.2) is 0 Å². The minimum atomic E-state index is 0.438. The molecule has 2 aliphatic rings. The Morgan fingerprint density at radius 2 is 2.11 bits per heavy atom. The molecule has 2 fully saturated rings. The van der Waals surface area contributed by atoms with Gasteiger partial charge in [-0.05, 0) is 43.8 Å². The molecule has 2 heteroatoms. The number of ether oxygens (including phenoxy) is 1. The molecular weight excluding hydrogens is 240 g/mol. The van der Waals surface area contributed by atoms with E-state index >= 15 is 0 Å². The summed E-state index contributed by atoms with van der Waals surface area (Å²) in [5.41, 5.74) is 0.438. The molecule has 0 amide bonds. The molecule has 0 aromatic carbocycles. The maximum Gasteiger partial charge on any atom is 0.0633 e. The van der Waals surface area contributed by atoms with Gasteiger partial charge >= 0.3 is 0 Å². The van der Waals surface area contributed by atoms with Crippen molar-refractivity contribution in [2.24, 2.45) is 17.3 Å². The van der Waals surface area contributed by atoms with E-state index in [-0.39, 0.29) is 0 Å². The largest absolute Gasteiger partial charge is 0.377 e. The standard InChI is InChI=1S/C16H30OS/c1-5-6-9-18-15(14-8-7-12(2)10-14)16(4)11-17-13(16)3/h12-15H,5-11H2,1-4H3. The van der Waals surface area contributed by atoms with Crippen LogP contribution in [0.25, 0.3) is 0 Å². The van der Waals surface area contributed by atoms with Crippen LogP contribution in [0.1, 0.15) is 59.8 Å². The molecule has 1 heterocycles. The number of hydrogen-bond acceptors (Lipinski definition) is 2. The lowest BCUT2D eigenvalue weighted by Crippen LogP contribution is -2.56. The molecule has 0 N–H and O–H groups in total. The van der Waals surface area contributed by atoms with E-state index in [1.165, 1.54) is 37.9 Å². The number of rotatable bonds is 6. The molecule has 1 nitrogen and oxygen atoms in total. The zero-order valence-electron chi connectivity index (χ0n) is 12.6. The van der Waals surface area contributed by atoms with E-state index in [9.17, 15) is 0 Å². The van der Waals surface area contributed by atoms with Gasteiger partial charge in [-0.15, -0.1) is 0 Å². The van der Waals surface area contributed by atoms with Gasteiger partial charge < -0.3 is 4.74 Å². The van der Waals surface area contributed by atoms with Gasteiger partial charge in [0.25, 0.3) is 0 Å². The summed E-state index contributed by atoms with van der Waals surface area (Å²) >= 11 is 2.25. The summed E-state index contributed by atoms with van der Waals surface area (Å²) < 4.78 is 5.71. The molecule has 0 spiro atoms. The van der Waals surface area contributed by atoms with Crippen LogP contribution in [-0.2, 0) is 4.74 Å². The average Bonchev–Trinajstić information content (AvgIpc) is 2.78. The van der Waals surface area contributed by atoms with E-state index in [1.54, 1.807) is 0 Å². The minimum absolute atomic E-state index is 0.438. The Bertz CT molecular complexity index is 268. The van der Waals surface area contributed by atoms with Gasteiger partial charge in [0.05, 0.1) is 12.7 Å². The Morgan fingerprint density at radius 1 is 1.33 bits per heavy atom. The van der Waals surface area contributed by atoms with Crippen LogP contribution in [0, 0.1) is 17.3 Å². The molecule has 18 heavy (non-hydrogen) atoms. The number of hydrogen-bond donors (Lipinski definition) is 0. The first-order chi connectivity index (χ1) is 8.58. The van der Waals surface area contributed by atoms with Gasteiger partial charge in [0.15, 0.2) is 0 Å². The van der Waals surface area contributed by atoms with Gasteiger partial charge in [0.2, 0.25) is 0 Å². The summed E-state index contributed by atoms with van der Waals surface area (Å²) in [5.74, 6) is 3.23. The SMILES string of the molecule is CCCCSC(C1CCC(C)C1)C1(C)COC1C. The molecule has 106 valence electrons. The van der Waals surface area contributed by atoms with Crippen molar-refractivity contribution in [2.45, 2.75) is 71.2 Å². The Labute approximate surface area is 117 Å². The summed E-state index contributed by atoms with van der Waals surface area (Å²) in [5, 5.41) is 0.831. The Morgan fingerprint density at radius 3 is 2.56 bits per heavy atom. The maximum absolute atomic E-state index is 5.71. The molecule has 0 radical (unpaired) electrons. The molecule has 0 bridgehead atoms. The lowest BCUT2D eigenvalue weighted by Gasteiger charge is -2.52. The number of thioether (sulfide) groups is 1.